The van der Waals surface area contributed by atoms with Gasteiger partial charge in [-0.1, -0.05) is 60.2 Å². The van der Waals surface area contributed by atoms with Crippen molar-refractivity contribution in [3.8, 4) is 0 Å². The van der Waals surface area contributed by atoms with E-state index in [4.69, 9.17) is 0 Å². The fourth-order valence-electron chi connectivity index (χ4n) is 2.55. The molecule has 0 aromatic heterocycles. The Morgan fingerprint density at radius 1 is 1.24 bits per heavy atom. The molecule has 0 heterocycles. The van der Waals surface area contributed by atoms with Gasteiger partial charge in [-0.15, -0.1) is 6.58 Å². The first kappa shape index (κ1) is 11.9. The number of benzene rings is 1. The van der Waals surface area contributed by atoms with E-state index in [1.807, 2.05) is 0 Å². The Morgan fingerprint density at radius 2 is 2.00 bits per heavy atom. The molecule has 1 saturated carbocycles. The molecule has 0 bridgehead atoms. The fourth-order valence-corrected chi connectivity index (χ4v) is 2.55. The van der Waals surface area contributed by atoms with Crippen molar-refractivity contribution in [2.45, 2.75) is 19.8 Å². The van der Waals surface area contributed by atoms with Crippen molar-refractivity contribution in [3.63, 3.8) is 0 Å². The third-order valence-electron chi connectivity index (χ3n) is 3.55. The Balaban J connectivity index is 2.02. The summed E-state index contributed by atoms with van der Waals surface area (Å²) in [7, 11) is 0. The summed E-state index contributed by atoms with van der Waals surface area (Å²) in [6.45, 7) is 6.06. The number of hydrogen-bond acceptors (Lipinski definition) is 0. The summed E-state index contributed by atoms with van der Waals surface area (Å²) in [5, 5.41) is 0. The van der Waals surface area contributed by atoms with Crippen LogP contribution in [0.3, 0.4) is 0 Å². The predicted molar refractivity (Wildman–Crippen MR) is 75.6 cm³/mol. The molecule has 17 heavy (non-hydrogen) atoms. The van der Waals surface area contributed by atoms with Gasteiger partial charge in [0.05, 0.1) is 0 Å². The van der Waals surface area contributed by atoms with Crippen LogP contribution in [-0.4, -0.2) is 0 Å². The van der Waals surface area contributed by atoms with Crippen LogP contribution >= 0.6 is 0 Å². The zero-order valence-corrected chi connectivity index (χ0v) is 10.5. The molecular weight excluding hydrogens is 204 g/mol. The lowest BCUT2D eigenvalue weighted by Crippen LogP contribution is -1.90. The van der Waals surface area contributed by atoms with E-state index in [9.17, 15) is 0 Å². The molecule has 0 spiro atoms. The van der Waals surface area contributed by atoms with E-state index in [0.717, 1.165) is 0 Å². The van der Waals surface area contributed by atoms with E-state index in [1.54, 1.807) is 5.57 Å². The minimum Gasteiger partial charge on any atom is -0.102 e. The van der Waals surface area contributed by atoms with Crippen molar-refractivity contribution in [3.05, 3.63) is 66.3 Å². The Kier molecular flexibility index (Phi) is 3.98. The third-order valence-corrected chi connectivity index (χ3v) is 3.55. The summed E-state index contributed by atoms with van der Waals surface area (Å²) in [5.41, 5.74) is 2.83. The monoisotopic (exact) mass is 224 g/mol. The van der Waals surface area contributed by atoms with E-state index in [0.29, 0.717) is 11.8 Å². The quantitative estimate of drug-likeness (QED) is 0.643. The van der Waals surface area contributed by atoms with E-state index in [-0.39, 0.29) is 0 Å². The number of hydrogen-bond donors (Lipinski definition) is 0. The Bertz CT molecular complexity index is 423. The van der Waals surface area contributed by atoms with Gasteiger partial charge in [-0.05, 0) is 37.2 Å². The van der Waals surface area contributed by atoms with Crippen LogP contribution in [0, 0.1) is 11.8 Å². The topological polar surface area (TPSA) is 0 Å². The van der Waals surface area contributed by atoms with Crippen molar-refractivity contribution in [2.75, 3.05) is 0 Å². The maximum Gasteiger partial charge on any atom is -0.00201 e. The number of allylic oxidation sites excluding steroid dienone is 4. The van der Waals surface area contributed by atoms with Crippen LogP contribution in [-0.2, 0) is 0 Å². The summed E-state index contributed by atoms with van der Waals surface area (Å²) >= 11 is 0. The molecule has 1 aromatic carbocycles. The van der Waals surface area contributed by atoms with Crippen LogP contribution in [0.5, 0.6) is 0 Å². The highest BCUT2D eigenvalue weighted by molar-refractivity contribution is 5.49. The first-order valence-electron chi connectivity index (χ1n) is 6.34. The van der Waals surface area contributed by atoms with Gasteiger partial charge in [0.2, 0.25) is 0 Å². The molecular formula is C17H20. The molecule has 0 radical (unpaired) electrons. The average molecular weight is 224 g/mol. The minimum absolute atomic E-state index is 0.588. The first-order chi connectivity index (χ1) is 8.33. The summed E-state index contributed by atoms with van der Waals surface area (Å²) < 4.78 is 0. The van der Waals surface area contributed by atoms with Gasteiger partial charge in [0, 0.05) is 0 Å². The summed E-state index contributed by atoms with van der Waals surface area (Å²) in [6, 6.07) is 10.5. The standard InChI is InChI=1S/C17H20/c1-3-16-12-15(13-17(16)4-2)11-10-14-8-6-5-7-9-14/h3-11,15-16H,1,12-13H2,2H3/b11-10+,17-4+. The molecule has 1 aromatic rings. The lowest BCUT2D eigenvalue weighted by molar-refractivity contribution is 0.649. The Labute approximate surface area is 104 Å². The molecule has 2 atom stereocenters. The van der Waals surface area contributed by atoms with Gasteiger partial charge in [-0.2, -0.15) is 0 Å². The summed E-state index contributed by atoms with van der Waals surface area (Å²) in [5.74, 6) is 1.26. The molecule has 2 unspecified atom stereocenters. The van der Waals surface area contributed by atoms with Gasteiger partial charge in [0.15, 0.2) is 0 Å². The van der Waals surface area contributed by atoms with Gasteiger partial charge in [-0.25, -0.2) is 0 Å². The Hall–Kier alpha value is -1.56. The highest BCUT2D eigenvalue weighted by Crippen LogP contribution is 2.37. The highest BCUT2D eigenvalue weighted by atomic mass is 14.3. The van der Waals surface area contributed by atoms with E-state index in [2.05, 4.69) is 68.1 Å². The van der Waals surface area contributed by atoms with Crippen LogP contribution in [0.2, 0.25) is 0 Å². The molecule has 1 fully saturated rings. The maximum atomic E-state index is 3.93. The smallest absolute Gasteiger partial charge is 0.00201 e. The highest BCUT2D eigenvalue weighted by Gasteiger charge is 2.24. The first-order valence-corrected chi connectivity index (χ1v) is 6.34. The van der Waals surface area contributed by atoms with Crippen molar-refractivity contribution in [2.24, 2.45) is 11.8 Å². The third kappa shape index (κ3) is 2.97. The summed E-state index contributed by atoms with van der Waals surface area (Å²) in [6.07, 6.45) is 11.3. The number of rotatable bonds is 3. The van der Waals surface area contributed by atoms with E-state index >= 15 is 0 Å². The normalized spacial score (nSPS) is 26.8. The molecule has 88 valence electrons. The van der Waals surface area contributed by atoms with Crippen LogP contribution in [0.15, 0.2) is 60.7 Å². The summed E-state index contributed by atoms with van der Waals surface area (Å²) in [4.78, 5) is 0. The van der Waals surface area contributed by atoms with Gasteiger partial charge in [0.1, 0.15) is 0 Å². The zero-order valence-electron chi connectivity index (χ0n) is 10.5. The molecule has 0 saturated heterocycles. The molecule has 0 nitrogen and oxygen atoms in total. The van der Waals surface area contributed by atoms with Gasteiger partial charge < -0.3 is 0 Å². The fraction of sp³-hybridized carbons (Fsp3) is 0.294. The molecule has 1 aliphatic carbocycles. The van der Waals surface area contributed by atoms with Crippen LogP contribution in [0.1, 0.15) is 25.3 Å². The van der Waals surface area contributed by atoms with Crippen molar-refractivity contribution < 1.29 is 0 Å². The minimum atomic E-state index is 0.588. The second-order valence-electron chi connectivity index (χ2n) is 4.68. The van der Waals surface area contributed by atoms with E-state index < -0.39 is 0 Å². The molecule has 0 aliphatic heterocycles. The zero-order chi connectivity index (χ0) is 12.1. The van der Waals surface area contributed by atoms with Crippen LogP contribution in [0.4, 0.5) is 0 Å². The van der Waals surface area contributed by atoms with Crippen LogP contribution in [0.25, 0.3) is 6.08 Å². The van der Waals surface area contributed by atoms with E-state index in [1.165, 1.54) is 18.4 Å². The lowest BCUT2D eigenvalue weighted by atomic mass is 10.0. The molecule has 0 amide bonds. The average Bonchev–Trinajstić information content (AvgIpc) is 2.80. The lowest BCUT2D eigenvalue weighted by Gasteiger charge is -2.03. The van der Waals surface area contributed by atoms with Crippen molar-refractivity contribution in [1.29, 1.82) is 0 Å². The Morgan fingerprint density at radius 3 is 2.59 bits per heavy atom. The largest absolute Gasteiger partial charge is 0.102 e. The second kappa shape index (κ2) is 5.67. The van der Waals surface area contributed by atoms with Gasteiger partial charge in [0.25, 0.3) is 0 Å². The predicted octanol–water partition coefficient (Wildman–Crippen LogP) is 4.86. The van der Waals surface area contributed by atoms with Gasteiger partial charge >= 0.3 is 0 Å². The second-order valence-corrected chi connectivity index (χ2v) is 4.68. The maximum absolute atomic E-state index is 3.93. The molecule has 0 heteroatoms. The van der Waals surface area contributed by atoms with Crippen molar-refractivity contribution in [1.82, 2.24) is 0 Å². The van der Waals surface area contributed by atoms with Gasteiger partial charge in [-0.3, -0.25) is 0 Å². The van der Waals surface area contributed by atoms with Crippen molar-refractivity contribution >= 4 is 6.08 Å². The molecule has 0 N–H and O–H groups in total. The van der Waals surface area contributed by atoms with Crippen LogP contribution < -0.4 is 0 Å². The molecule has 1 aliphatic rings. The SMILES string of the molecule is C=CC1CC(/C=C/c2ccccc2)C/C1=C\C. The molecule has 2 rings (SSSR count).